The summed E-state index contributed by atoms with van der Waals surface area (Å²) >= 11 is 0. The van der Waals surface area contributed by atoms with E-state index in [2.05, 4.69) is 70.6 Å². The lowest BCUT2D eigenvalue weighted by Gasteiger charge is -2.25. The molecular weight excluding hydrogens is 400 g/mol. The fraction of sp³-hybridized carbons (Fsp3) is 0.280. The Morgan fingerprint density at radius 2 is 1.78 bits per heavy atom. The maximum atomic E-state index is 12.8. The van der Waals surface area contributed by atoms with Crippen molar-refractivity contribution < 1.29 is 0 Å². The molecule has 0 radical (unpaired) electrons. The summed E-state index contributed by atoms with van der Waals surface area (Å²) in [4.78, 5) is 24.1. The highest BCUT2D eigenvalue weighted by atomic mass is 16.1. The van der Waals surface area contributed by atoms with Crippen molar-refractivity contribution in [3.05, 3.63) is 93.8 Å². The Morgan fingerprint density at radius 3 is 2.53 bits per heavy atom. The Morgan fingerprint density at radius 1 is 1.03 bits per heavy atom. The normalized spacial score (nSPS) is 12.3. The number of nitrogens with one attached hydrogen (secondary N) is 1. The molecule has 4 rings (SSSR count). The quantitative estimate of drug-likeness (QED) is 0.485. The van der Waals surface area contributed by atoms with Crippen molar-refractivity contribution in [2.45, 2.75) is 26.4 Å². The van der Waals surface area contributed by atoms with Gasteiger partial charge >= 0.3 is 0 Å². The van der Waals surface area contributed by atoms with Crippen molar-refractivity contribution in [1.82, 2.24) is 24.6 Å². The van der Waals surface area contributed by atoms with E-state index in [1.54, 1.807) is 6.20 Å². The van der Waals surface area contributed by atoms with E-state index in [9.17, 15) is 4.79 Å². The Hall–Kier alpha value is -3.58. The van der Waals surface area contributed by atoms with Crippen molar-refractivity contribution >= 4 is 16.6 Å². The molecule has 2 heterocycles. The number of hydrogen-bond acceptors (Lipinski definition) is 6. The molecule has 0 bridgehead atoms. The molecule has 7 heteroatoms. The number of rotatable bonds is 7. The zero-order valence-corrected chi connectivity index (χ0v) is 18.9. The predicted octanol–water partition coefficient (Wildman–Crippen LogP) is 3.57. The van der Waals surface area contributed by atoms with Crippen molar-refractivity contribution in [1.29, 1.82) is 0 Å². The first-order valence-electron chi connectivity index (χ1n) is 10.7. The van der Waals surface area contributed by atoms with Gasteiger partial charge in [-0.2, -0.15) is 5.10 Å². The molecule has 164 valence electrons. The molecule has 0 spiro atoms. The third-order valence-electron chi connectivity index (χ3n) is 5.53. The molecule has 2 aromatic heterocycles. The van der Waals surface area contributed by atoms with E-state index in [-0.39, 0.29) is 18.1 Å². The van der Waals surface area contributed by atoms with E-state index >= 15 is 0 Å². The highest BCUT2D eigenvalue weighted by molar-refractivity contribution is 5.80. The van der Waals surface area contributed by atoms with Crippen molar-refractivity contribution in [2.24, 2.45) is 0 Å². The van der Waals surface area contributed by atoms with Crippen LogP contribution in [0.5, 0.6) is 0 Å². The largest absolute Gasteiger partial charge is 0.368 e. The predicted molar refractivity (Wildman–Crippen MR) is 128 cm³/mol. The number of hydrogen-bond donors (Lipinski definition) is 1. The number of anilines is 1. The molecule has 0 aliphatic rings. The van der Waals surface area contributed by atoms with Gasteiger partial charge in [-0.1, -0.05) is 48.0 Å². The Kier molecular flexibility index (Phi) is 6.28. The summed E-state index contributed by atoms with van der Waals surface area (Å²) in [5.41, 5.74) is 3.10. The average Bonchev–Trinajstić information content (AvgIpc) is 2.77. The molecule has 32 heavy (non-hydrogen) atoms. The first kappa shape index (κ1) is 21.6. The molecule has 0 amide bonds. The molecule has 7 nitrogen and oxygen atoms in total. The third-order valence-corrected chi connectivity index (χ3v) is 5.53. The SMILES string of the molecule is Cc1ccc([C@@H](CNc2cc(Cn3ncc4ccccc4c3=O)nc(C)n2)N(C)C)cc1. The number of aryl methyl sites for hydroxylation is 2. The molecule has 0 saturated carbocycles. The molecule has 0 aliphatic carbocycles. The molecule has 1 atom stereocenters. The zero-order valence-electron chi connectivity index (χ0n) is 18.9. The van der Waals surface area contributed by atoms with Gasteiger partial charge in [0.05, 0.1) is 29.9 Å². The van der Waals surface area contributed by atoms with Crippen molar-refractivity contribution in [3.8, 4) is 0 Å². The lowest BCUT2D eigenvalue weighted by atomic mass is 10.0. The van der Waals surface area contributed by atoms with E-state index < -0.39 is 0 Å². The fourth-order valence-corrected chi connectivity index (χ4v) is 3.78. The summed E-state index contributed by atoms with van der Waals surface area (Å²) in [6, 6.07) is 18.1. The highest BCUT2D eigenvalue weighted by Crippen LogP contribution is 2.20. The van der Waals surface area contributed by atoms with E-state index in [4.69, 9.17) is 0 Å². The fourth-order valence-electron chi connectivity index (χ4n) is 3.78. The number of aromatic nitrogens is 4. The maximum Gasteiger partial charge on any atom is 0.274 e. The van der Waals surface area contributed by atoms with Crippen LogP contribution in [0.25, 0.3) is 10.8 Å². The van der Waals surface area contributed by atoms with Crippen molar-refractivity contribution in [2.75, 3.05) is 26.0 Å². The molecule has 0 saturated heterocycles. The van der Waals surface area contributed by atoms with Crippen LogP contribution < -0.4 is 10.9 Å². The number of benzene rings is 2. The lowest BCUT2D eigenvalue weighted by Crippen LogP contribution is -2.27. The number of nitrogens with zero attached hydrogens (tertiary/aromatic N) is 5. The minimum atomic E-state index is -0.124. The van der Waals surface area contributed by atoms with Crippen LogP contribution in [0.1, 0.15) is 28.7 Å². The molecule has 0 fully saturated rings. The maximum absolute atomic E-state index is 12.8. The van der Waals surface area contributed by atoms with Gasteiger partial charge in [-0.15, -0.1) is 0 Å². The zero-order chi connectivity index (χ0) is 22.7. The van der Waals surface area contributed by atoms with E-state index in [0.29, 0.717) is 17.8 Å². The van der Waals surface area contributed by atoms with Crippen LogP contribution >= 0.6 is 0 Å². The van der Waals surface area contributed by atoms with Crippen LogP contribution in [0.3, 0.4) is 0 Å². The van der Waals surface area contributed by atoms with Gasteiger partial charge in [0.1, 0.15) is 11.6 Å². The van der Waals surface area contributed by atoms with Gasteiger partial charge < -0.3 is 10.2 Å². The average molecular weight is 429 g/mol. The molecule has 1 N–H and O–H groups in total. The van der Waals surface area contributed by atoms with Gasteiger partial charge in [-0.25, -0.2) is 14.6 Å². The Balaban J connectivity index is 1.54. The van der Waals surface area contributed by atoms with Crippen LogP contribution in [0.4, 0.5) is 5.82 Å². The minimum absolute atomic E-state index is 0.124. The van der Waals surface area contributed by atoms with Gasteiger partial charge in [-0.3, -0.25) is 4.79 Å². The number of fused-ring (bicyclic) bond motifs is 1. The second kappa shape index (κ2) is 9.28. The number of likely N-dealkylation sites (N-methyl/N-ethyl adjacent to an activating group) is 1. The van der Waals surface area contributed by atoms with E-state index in [1.165, 1.54) is 15.8 Å². The molecule has 4 aromatic rings. The van der Waals surface area contributed by atoms with Crippen LogP contribution in [0.15, 0.2) is 65.6 Å². The third kappa shape index (κ3) is 4.84. The monoisotopic (exact) mass is 428 g/mol. The molecule has 0 unspecified atom stereocenters. The van der Waals surface area contributed by atoms with Crippen LogP contribution in [-0.4, -0.2) is 45.3 Å². The van der Waals surface area contributed by atoms with Gasteiger partial charge in [0.25, 0.3) is 5.56 Å². The van der Waals surface area contributed by atoms with Gasteiger partial charge in [0.2, 0.25) is 0 Å². The van der Waals surface area contributed by atoms with Gasteiger partial charge in [0, 0.05) is 18.0 Å². The second-order valence-corrected chi connectivity index (χ2v) is 8.26. The highest BCUT2D eigenvalue weighted by Gasteiger charge is 2.15. The first-order chi connectivity index (χ1) is 15.4. The standard InChI is InChI=1S/C25H28N6O/c1-17-9-11-19(12-10-17)23(30(3)4)15-26-24-13-21(28-18(2)29-24)16-31-25(32)22-8-6-5-7-20(22)14-27-31/h5-14,23H,15-16H2,1-4H3,(H,26,28,29)/t23-/m1/s1. The summed E-state index contributed by atoms with van der Waals surface area (Å²) in [5, 5.41) is 9.26. The van der Waals surface area contributed by atoms with Gasteiger partial charge in [-0.05, 0) is 39.6 Å². The smallest absolute Gasteiger partial charge is 0.274 e. The topological polar surface area (TPSA) is 75.9 Å². The van der Waals surface area contributed by atoms with E-state index in [1.807, 2.05) is 37.3 Å². The first-order valence-corrected chi connectivity index (χ1v) is 10.7. The van der Waals surface area contributed by atoms with Crippen molar-refractivity contribution in [3.63, 3.8) is 0 Å². The summed E-state index contributed by atoms with van der Waals surface area (Å²) in [7, 11) is 4.14. The molecule has 2 aromatic carbocycles. The summed E-state index contributed by atoms with van der Waals surface area (Å²) in [6.07, 6.45) is 1.72. The van der Waals surface area contributed by atoms with Crippen LogP contribution in [0, 0.1) is 13.8 Å². The Labute approximate surface area is 187 Å². The summed E-state index contributed by atoms with van der Waals surface area (Å²) in [5.74, 6) is 1.39. The summed E-state index contributed by atoms with van der Waals surface area (Å²) in [6.45, 7) is 4.93. The van der Waals surface area contributed by atoms with E-state index in [0.717, 1.165) is 16.9 Å². The summed E-state index contributed by atoms with van der Waals surface area (Å²) < 4.78 is 1.45. The lowest BCUT2D eigenvalue weighted by molar-refractivity contribution is 0.311. The van der Waals surface area contributed by atoms with Crippen LogP contribution in [0.2, 0.25) is 0 Å². The second-order valence-electron chi connectivity index (χ2n) is 8.26. The molecular formula is C25H28N6O. The van der Waals surface area contributed by atoms with Crippen LogP contribution in [-0.2, 0) is 6.54 Å². The Bertz CT molecular complexity index is 1280. The van der Waals surface area contributed by atoms with Gasteiger partial charge in [0.15, 0.2) is 0 Å². The minimum Gasteiger partial charge on any atom is -0.368 e. The molecule has 0 aliphatic heterocycles.